The minimum absolute atomic E-state index is 0.188. The Balaban J connectivity index is 2.03. The molecular weight excluding hydrogens is 244 g/mol. The summed E-state index contributed by atoms with van der Waals surface area (Å²) in [4.78, 5) is 5.56. The second kappa shape index (κ2) is 4.71. The molecule has 0 atom stereocenters. The third-order valence-corrected chi connectivity index (χ3v) is 5.14. The van der Waals surface area contributed by atoms with E-state index in [1.165, 1.54) is 16.2 Å². The van der Waals surface area contributed by atoms with Crippen molar-refractivity contribution in [1.29, 1.82) is 0 Å². The van der Waals surface area contributed by atoms with Gasteiger partial charge in [0.05, 0.1) is 11.4 Å². The van der Waals surface area contributed by atoms with Crippen LogP contribution in [0.5, 0.6) is 0 Å². The van der Waals surface area contributed by atoms with Crippen LogP contribution in [0.25, 0.3) is 0 Å². The van der Waals surface area contributed by atoms with Crippen LogP contribution in [0.4, 0.5) is 5.13 Å². The zero-order valence-electron chi connectivity index (χ0n) is 9.32. The Hall–Kier alpha value is -0.620. The molecule has 1 aromatic heterocycles. The van der Waals surface area contributed by atoms with E-state index in [9.17, 15) is 8.42 Å². The highest BCUT2D eigenvalue weighted by atomic mass is 32.2. The first-order chi connectivity index (χ1) is 7.61. The molecule has 16 heavy (non-hydrogen) atoms. The third-order valence-electron chi connectivity index (χ3n) is 2.61. The summed E-state index contributed by atoms with van der Waals surface area (Å²) in [6, 6.07) is 0. The molecular formula is C10H16N2O2S2. The first-order valence-corrected chi connectivity index (χ1v) is 8.06. The van der Waals surface area contributed by atoms with Crippen molar-refractivity contribution in [2.75, 3.05) is 10.5 Å². The predicted molar refractivity (Wildman–Crippen MR) is 66.5 cm³/mol. The van der Waals surface area contributed by atoms with Crippen LogP contribution in [0, 0.1) is 0 Å². The molecule has 6 heteroatoms. The van der Waals surface area contributed by atoms with Crippen molar-refractivity contribution >= 4 is 26.5 Å². The van der Waals surface area contributed by atoms with Crippen LogP contribution in [0.2, 0.25) is 0 Å². The van der Waals surface area contributed by atoms with Gasteiger partial charge in [-0.15, -0.1) is 11.3 Å². The predicted octanol–water partition coefficient (Wildman–Crippen LogP) is 2.17. The number of rotatable bonds is 5. The standard InChI is InChI=1S/C10H16N2O2S2/c1-2-3-7-16(13,14)12-10-11-8-5-4-6-9(8)15-10/h2-7H2,1H3,(H,11,12). The minimum Gasteiger partial charge on any atom is -0.259 e. The largest absolute Gasteiger partial charge is 0.259 e. The van der Waals surface area contributed by atoms with E-state index < -0.39 is 10.0 Å². The van der Waals surface area contributed by atoms with Crippen LogP contribution < -0.4 is 4.72 Å². The summed E-state index contributed by atoms with van der Waals surface area (Å²) in [5, 5.41) is 0.542. The van der Waals surface area contributed by atoms with Gasteiger partial charge in [-0.3, -0.25) is 4.72 Å². The minimum atomic E-state index is -3.19. The maximum atomic E-state index is 11.6. The zero-order valence-corrected chi connectivity index (χ0v) is 11.0. The van der Waals surface area contributed by atoms with E-state index in [0.717, 1.165) is 31.4 Å². The van der Waals surface area contributed by atoms with Gasteiger partial charge in [0.25, 0.3) is 0 Å². The number of aryl methyl sites for hydroxylation is 2. The Labute approximate surface area is 100 Å². The molecule has 0 aliphatic heterocycles. The van der Waals surface area contributed by atoms with Crippen molar-refractivity contribution in [3.63, 3.8) is 0 Å². The lowest BCUT2D eigenvalue weighted by Crippen LogP contribution is -2.16. The number of fused-ring (bicyclic) bond motifs is 1. The number of unbranched alkanes of at least 4 members (excludes halogenated alkanes) is 1. The lowest BCUT2D eigenvalue weighted by atomic mass is 10.4. The smallest absolute Gasteiger partial charge is 0.234 e. The highest BCUT2D eigenvalue weighted by Crippen LogP contribution is 2.30. The van der Waals surface area contributed by atoms with Crippen molar-refractivity contribution in [3.8, 4) is 0 Å². The molecule has 0 spiro atoms. The molecule has 4 nitrogen and oxygen atoms in total. The fourth-order valence-electron chi connectivity index (χ4n) is 1.75. The van der Waals surface area contributed by atoms with Gasteiger partial charge in [0, 0.05) is 4.88 Å². The number of hydrogen-bond donors (Lipinski definition) is 1. The molecule has 1 heterocycles. The van der Waals surface area contributed by atoms with Crippen LogP contribution in [-0.2, 0) is 22.9 Å². The topological polar surface area (TPSA) is 59.1 Å². The summed E-state index contributed by atoms with van der Waals surface area (Å²) in [6.45, 7) is 1.98. The second-order valence-corrected chi connectivity index (χ2v) is 6.94. The van der Waals surface area contributed by atoms with E-state index >= 15 is 0 Å². The summed E-state index contributed by atoms with van der Waals surface area (Å²) in [6.07, 6.45) is 4.76. The van der Waals surface area contributed by atoms with Gasteiger partial charge in [0.15, 0.2) is 5.13 Å². The molecule has 1 aliphatic carbocycles. The maximum absolute atomic E-state index is 11.6. The summed E-state index contributed by atoms with van der Waals surface area (Å²) in [5.41, 5.74) is 1.08. The molecule has 1 aromatic rings. The molecule has 1 aliphatic rings. The highest BCUT2D eigenvalue weighted by Gasteiger charge is 2.19. The van der Waals surface area contributed by atoms with Crippen LogP contribution >= 0.6 is 11.3 Å². The van der Waals surface area contributed by atoms with Gasteiger partial charge in [0.1, 0.15) is 0 Å². The molecule has 0 fully saturated rings. The molecule has 1 N–H and O–H groups in total. The van der Waals surface area contributed by atoms with Crippen molar-refractivity contribution in [1.82, 2.24) is 4.98 Å². The average Bonchev–Trinajstić information content (AvgIpc) is 2.74. The summed E-state index contributed by atoms with van der Waals surface area (Å²) < 4.78 is 25.8. The lowest BCUT2D eigenvalue weighted by Gasteiger charge is -2.03. The third kappa shape index (κ3) is 2.74. The molecule has 0 radical (unpaired) electrons. The van der Waals surface area contributed by atoms with Gasteiger partial charge in [-0.25, -0.2) is 13.4 Å². The summed E-state index contributed by atoms with van der Waals surface area (Å²) >= 11 is 1.48. The van der Waals surface area contributed by atoms with Gasteiger partial charge < -0.3 is 0 Å². The Bertz CT molecular complexity index is 444. The van der Waals surface area contributed by atoms with Crippen molar-refractivity contribution in [2.24, 2.45) is 0 Å². The van der Waals surface area contributed by atoms with Crippen LogP contribution in [0.15, 0.2) is 0 Å². The normalized spacial score (nSPS) is 15.1. The fourth-order valence-corrected chi connectivity index (χ4v) is 4.28. The Morgan fingerprint density at radius 2 is 2.25 bits per heavy atom. The second-order valence-electron chi connectivity index (χ2n) is 4.02. The quantitative estimate of drug-likeness (QED) is 0.882. The first kappa shape index (κ1) is 11.9. The van der Waals surface area contributed by atoms with Gasteiger partial charge in [-0.05, 0) is 25.7 Å². The number of aromatic nitrogens is 1. The van der Waals surface area contributed by atoms with Gasteiger partial charge >= 0.3 is 0 Å². The Morgan fingerprint density at radius 1 is 1.44 bits per heavy atom. The average molecular weight is 260 g/mol. The first-order valence-electron chi connectivity index (χ1n) is 5.60. The molecule has 0 saturated carbocycles. The SMILES string of the molecule is CCCCS(=O)(=O)Nc1nc2c(s1)CCC2. The fraction of sp³-hybridized carbons (Fsp3) is 0.700. The molecule has 0 unspecified atom stereocenters. The number of nitrogens with one attached hydrogen (secondary N) is 1. The van der Waals surface area contributed by atoms with Crippen molar-refractivity contribution in [2.45, 2.75) is 39.0 Å². The van der Waals surface area contributed by atoms with E-state index in [0.29, 0.717) is 11.6 Å². The monoisotopic (exact) mass is 260 g/mol. The molecule has 2 rings (SSSR count). The maximum Gasteiger partial charge on any atom is 0.234 e. The molecule has 0 amide bonds. The van der Waals surface area contributed by atoms with E-state index in [1.54, 1.807) is 0 Å². The number of nitrogens with zero attached hydrogens (tertiary/aromatic N) is 1. The Morgan fingerprint density at radius 3 is 2.94 bits per heavy atom. The van der Waals surface area contributed by atoms with Gasteiger partial charge in [-0.2, -0.15) is 0 Å². The van der Waals surface area contributed by atoms with Crippen LogP contribution in [0.1, 0.15) is 36.8 Å². The molecule has 0 saturated heterocycles. The lowest BCUT2D eigenvalue weighted by molar-refractivity contribution is 0.598. The molecule has 0 bridgehead atoms. The highest BCUT2D eigenvalue weighted by molar-refractivity contribution is 7.92. The zero-order chi connectivity index (χ0) is 11.6. The van der Waals surface area contributed by atoms with Crippen molar-refractivity contribution < 1.29 is 8.42 Å². The van der Waals surface area contributed by atoms with Gasteiger partial charge in [0.2, 0.25) is 10.0 Å². The summed E-state index contributed by atoms with van der Waals surface area (Å²) in [7, 11) is -3.19. The van der Waals surface area contributed by atoms with E-state index in [4.69, 9.17) is 0 Å². The van der Waals surface area contributed by atoms with E-state index in [2.05, 4.69) is 9.71 Å². The molecule has 0 aromatic carbocycles. The number of sulfonamides is 1. The van der Waals surface area contributed by atoms with Gasteiger partial charge in [-0.1, -0.05) is 13.3 Å². The Kier molecular flexibility index (Phi) is 3.49. The number of hydrogen-bond acceptors (Lipinski definition) is 4. The van der Waals surface area contributed by atoms with Crippen LogP contribution in [-0.4, -0.2) is 19.2 Å². The van der Waals surface area contributed by atoms with E-state index in [1.807, 2.05) is 6.92 Å². The number of anilines is 1. The van der Waals surface area contributed by atoms with E-state index in [-0.39, 0.29) is 5.75 Å². The van der Waals surface area contributed by atoms with Crippen molar-refractivity contribution in [3.05, 3.63) is 10.6 Å². The van der Waals surface area contributed by atoms with Crippen LogP contribution in [0.3, 0.4) is 0 Å². The molecule has 90 valence electrons. The summed E-state index contributed by atoms with van der Waals surface area (Å²) in [5.74, 6) is 0.188. The number of thiazole rings is 1.